The molecule has 16 unspecified atom stereocenters. The third kappa shape index (κ3) is 45.4. The molecule has 77 heavy (non-hydrogen) atoms. The summed E-state index contributed by atoms with van der Waals surface area (Å²) < 4.78 is 23.0. The first-order valence-corrected chi connectivity index (χ1v) is 32.2. The van der Waals surface area contributed by atoms with Crippen LogP contribution in [-0.4, -0.2) is 143 Å². The van der Waals surface area contributed by atoms with Crippen molar-refractivity contribution < 1.29 is 81.5 Å². The molecule has 0 fully saturated rings. The number of ether oxygens (including phenoxy) is 4. The van der Waals surface area contributed by atoms with E-state index in [4.69, 9.17) is 18.9 Å². The van der Waals surface area contributed by atoms with Crippen molar-refractivity contribution in [2.75, 3.05) is 52.9 Å². The van der Waals surface area contributed by atoms with Crippen molar-refractivity contribution >= 4 is 0 Å². The van der Waals surface area contributed by atoms with Gasteiger partial charge in [-0.25, -0.2) is 0 Å². The summed E-state index contributed by atoms with van der Waals surface area (Å²) in [5, 5.41) is 80.0. The van der Waals surface area contributed by atoms with Crippen LogP contribution >= 0.6 is 0 Å². The van der Waals surface area contributed by atoms with Crippen molar-refractivity contribution in [1.29, 1.82) is 0 Å². The number of hydrogen-bond acceptors (Lipinski definition) is 12. The van der Waals surface area contributed by atoms with E-state index < -0.39 is 0 Å². The Hall–Kier alpha value is 0.234. The minimum Gasteiger partial charge on any atom is -0.393 e. The van der Waals surface area contributed by atoms with Gasteiger partial charge in [0.05, 0.1) is 102 Å². The number of aliphatic hydroxyl groups is 8. The molecule has 8 N–H and O–H groups in total. The largest absolute Gasteiger partial charge is 0.393 e. The minimum absolute atomic E-state index is 0. The first-order chi connectivity index (χ1) is 36.4. The second kappa shape index (κ2) is 60.8. The Morgan fingerprint density at radius 1 is 0.195 bits per heavy atom. The SMILES string of the molecule is CCCC(O)C(CC)COCC(CC)C(O)CCC.CCCC(O)C(CC)COCC(CC)C(O)CCC.CCCC(O)C(CC)COCC(CC)C(O)CCC.CCCC(O)C(CC)COCC(CC)C(O)CCC.[Ti]. The minimum atomic E-state index is -0.254. The Labute approximate surface area is 493 Å². The Morgan fingerprint density at radius 3 is 0.351 bits per heavy atom. The molecule has 0 saturated heterocycles. The van der Waals surface area contributed by atoms with Gasteiger partial charge in [-0.2, -0.15) is 0 Å². The molecule has 0 aromatic carbocycles. The molecule has 0 amide bonds. The van der Waals surface area contributed by atoms with E-state index in [1.807, 2.05) is 0 Å². The zero-order valence-corrected chi connectivity index (χ0v) is 55.1. The summed E-state index contributed by atoms with van der Waals surface area (Å²) in [4.78, 5) is 0. The van der Waals surface area contributed by atoms with E-state index in [1.54, 1.807) is 0 Å². The Morgan fingerprint density at radius 2 is 0.286 bits per heavy atom. The standard InChI is InChI=1S/4C16H34O3.Ti/c4*1-5-9-15(17)13(7-3)11-19-12-14(8-4)16(18)10-6-2;/h4*13-18H,5-12H2,1-4H3;. The molecule has 0 spiro atoms. The molecule has 0 aromatic rings. The summed E-state index contributed by atoms with van der Waals surface area (Å²) in [5.74, 6) is 1.78. The predicted molar refractivity (Wildman–Crippen MR) is 321 cm³/mol. The predicted octanol–water partition coefficient (Wildman–Crippen LogP) is 13.5. The van der Waals surface area contributed by atoms with Gasteiger partial charge in [0, 0.05) is 69.1 Å². The maximum absolute atomic E-state index is 10.00. The third-order valence-electron chi connectivity index (χ3n) is 15.9. The summed E-state index contributed by atoms with van der Waals surface area (Å²) in [7, 11) is 0. The van der Waals surface area contributed by atoms with Gasteiger partial charge in [0.25, 0.3) is 0 Å². The molecule has 0 heterocycles. The number of aliphatic hydroxyl groups excluding tert-OH is 8. The summed E-state index contributed by atoms with van der Waals surface area (Å²) in [5.41, 5.74) is 0. The summed E-state index contributed by atoms with van der Waals surface area (Å²) in [6.45, 7) is 38.3. The van der Waals surface area contributed by atoms with Gasteiger partial charge in [-0.3, -0.25) is 0 Å². The molecule has 0 aliphatic rings. The number of hydrogen-bond donors (Lipinski definition) is 8. The van der Waals surface area contributed by atoms with Crippen molar-refractivity contribution in [3.05, 3.63) is 0 Å². The van der Waals surface area contributed by atoms with E-state index >= 15 is 0 Å². The topological polar surface area (TPSA) is 199 Å². The Kier molecular flexibility index (Phi) is 67.9. The molecule has 0 aliphatic carbocycles. The maximum atomic E-state index is 10.00. The van der Waals surface area contributed by atoms with Crippen molar-refractivity contribution in [2.24, 2.45) is 47.3 Å². The van der Waals surface area contributed by atoms with Crippen molar-refractivity contribution in [3.63, 3.8) is 0 Å². The zero-order chi connectivity index (χ0) is 58.7. The summed E-state index contributed by atoms with van der Waals surface area (Å²) >= 11 is 0. The van der Waals surface area contributed by atoms with E-state index in [-0.39, 0.29) is 118 Å². The van der Waals surface area contributed by atoms with Crippen LogP contribution in [0.1, 0.15) is 265 Å². The van der Waals surface area contributed by atoms with Crippen LogP contribution in [0.4, 0.5) is 0 Å². The normalized spacial score (nSPS) is 17.8. The Balaban J connectivity index is -0.000000298. The van der Waals surface area contributed by atoms with Crippen LogP contribution in [0.2, 0.25) is 0 Å². The average Bonchev–Trinajstić information content (AvgIpc) is 3.40. The van der Waals surface area contributed by atoms with Crippen LogP contribution < -0.4 is 0 Å². The molecule has 12 nitrogen and oxygen atoms in total. The average molecular weight is 1150 g/mol. The molecule has 0 aliphatic heterocycles. The molecule has 0 radical (unpaired) electrons. The van der Waals surface area contributed by atoms with Crippen LogP contribution in [0.3, 0.4) is 0 Å². The van der Waals surface area contributed by atoms with Gasteiger partial charge >= 0.3 is 0 Å². The second-order valence-corrected chi connectivity index (χ2v) is 22.3. The quantitative estimate of drug-likeness (QED) is 0.0269. The van der Waals surface area contributed by atoms with Crippen molar-refractivity contribution in [2.45, 2.75) is 314 Å². The van der Waals surface area contributed by atoms with Crippen molar-refractivity contribution in [1.82, 2.24) is 0 Å². The maximum Gasteiger partial charge on any atom is 0.0590 e. The summed E-state index contributed by atoms with van der Waals surface area (Å²) in [6, 6.07) is 0. The molecule has 0 aromatic heterocycles. The fraction of sp³-hybridized carbons (Fsp3) is 1.00. The number of rotatable bonds is 48. The van der Waals surface area contributed by atoms with Crippen LogP contribution in [0.15, 0.2) is 0 Å². The van der Waals surface area contributed by atoms with E-state index in [0.717, 1.165) is 154 Å². The van der Waals surface area contributed by atoms with Gasteiger partial charge in [0.15, 0.2) is 0 Å². The van der Waals surface area contributed by atoms with Crippen LogP contribution in [0.5, 0.6) is 0 Å². The molecule has 0 bridgehead atoms. The molecule has 13 heteroatoms. The van der Waals surface area contributed by atoms with Gasteiger partial charge < -0.3 is 59.8 Å². The summed E-state index contributed by atoms with van der Waals surface area (Å²) in [6.07, 6.45) is 20.3. The van der Waals surface area contributed by atoms with Gasteiger partial charge in [-0.05, 0) is 103 Å². The molecule has 0 rings (SSSR count). The van der Waals surface area contributed by atoms with Gasteiger partial charge in [-0.15, -0.1) is 0 Å². The molecular weight excluding hydrogens is 1010 g/mol. The van der Waals surface area contributed by atoms with E-state index in [1.165, 1.54) is 0 Å². The molecule has 468 valence electrons. The van der Waals surface area contributed by atoms with Crippen LogP contribution in [-0.2, 0) is 40.7 Å². The third-order valence-corrected chi connectivity index (χ3v) is 15.9. The fourth-order valence-corrected chi connectivity index (χ4v) is 9.74. The Bertz CT molecular complexity index is 881. The molecule has 0 saturated carbocycles. The van der Waals surface area contributed by atoms with Crippen molar-refractivity contribution in [3.8, 4) is 0 Å². The van der Waals surface area contributed by atoms with Gasteiger partial charge in [0.2, 0.25) is 0 Å². The van der Waals surface area contributed by atoms with E-state index in [0.29, 0.717) is 52.9 Å². The fourth-order valence-electron chi connectivity index (χ4n) is 9.74. The first kappa shape index (κ1) is 86.0. The van der Waals surface area contributed by atoms with E-state index in [9.17, 15) is 40.9 Å². The van der Waals surface area contributed by atoms with Gasteiger partial charge in [-0.1, -0.05) is 162 Å². The first-order valence-electron chi connectivity index (χ1n) is 32.2. The monoisotopic (exact) mass is 1140 g/mol. The smallest absolute Gasteiger partial charge is 0.0590 e. The van der Waals surface area contributed by atoms with E-state index in [2.05, 4.69) is 111 Å². The molecular formula is C64H136O12Ti. The van der Waals surface area contributed by atoms with Crippen LogP contribution in [0, 0.1) is 47.3 Å². The zero-order valence-electron chi connectivity index (χ0n) is 53.6. The van der Waals surface area contributed by atoms with Gasteiger partial charge in [0.1, 0.15) is 0 Å². The van der Waals surface area contributed by atoms with Crippen LogP contribution in [0.25, 0.3) is 0 Å². The second-order valence-electron chi connectivity index (χ2n) is 22.3. The molecule has 16 atom stereocenters.